The Hall–Kier alpha value is -1.82. The zero-order valence-electron chi connectivity index (χ0n) is 14.0. The topological polar surface area (TPSA) is 55.2 Å². The Morgan fingerprint density at radius 1 is 1.14 bits per heavy atom. The molecule has 0 saturated heterocycles. The molecule has 2 aromatic rings. The SMILES string of the molecule is Cc1c(C(C)(C)C)nn(-c2ccccc2)c1N(C)S(C)(=O)=O. The molecule has 0 atom stereocenters. The van der Waals surface area contributed by atoms with Crippen LogP contribution in [0.5, 0.6) is 0 Å². The van der Waals surface area contributed by atoms with Crippen LogP contribution in [0.1, 0.15) is 32.0 Å². The lowest BCUT2D eigenvalue weighted by atomic mass is 9.90. The van der Waals surface area contributed by atoms with Gasteiger partial charge < -0.3 is 0 Å². The van der Waals surface area contributed by atoms with Gasteiger partial charge in [0.05, 0.1) is 17.6 Å². The highest BCUT2D eigenvalue weighted by Gasteiger charge is 2.29. The number of rotatable bonds is 3. The van der Waals surface area contributed by atoms with Crippen LogP contribution in [0, 0.1) is 6.92 Å². The van der Waals surface area contributed by atoms with E-state index < -0.39 is 10.0 Å². The highest BCUT2D eigenvalue weighted by Crippen LogP contribution is 2.33. The molecule has 0 N–H and O–H groups in total. The molecule has 2 rings (SSSR count). The summed E-state index contributed by atoms with van der Waals surface area (Å²) >= 11 is 0. The van der Waals surface area contributed by atoms with E-state index >= 15 is 0 Å². The molecule has 0 unspecified atom stereocenters. The third-order valence-electron chi connectivity index (χ3n) is 3.60. The van der Waals surface area contributed by atoms with Gasteiger partial charge >= 0.3 is 0 Å². The number of benzene rings is 1. The van der Waals surface area contributed by atoms with Gasteiger partial charge in [0.1, 0.15) is 5.82 Å². The van der Waals surface area contributed by atoms with E-state index in [2.05, 4.69) is 20.8 Å². The highest BCUT2D eigenvalue weighted by molar-refractivity contribution is 7.92. The summed E-state index contributed by atoms with van der Waals surface area (Å²) in [7, 11) is -1.81. The van der Waals surface area contributed by atoms with E-state index in [0.717, 1.165) is 16.9 Å². The molecule has 6 heteroatoms. The Morgan fingerprint density at radius 2 is 1.68 bits per heavy atom. The van der Waals surface area contributed by atoms with Crippen molar-refractivity contribution in [3.63, 3.8) is 0 Å². The first-order valence-corrected chi connectivity index (χ1v) is 8.97. The van der Waals surface area contributed by atoms with E-state index in [0.29, 0.717) is 5.82 Å². The lowest BCUT2D eigenvalue weighted by Gasteiger charge is -2.20. The van der Waals surface area contributed by atoms with Crippen molar-refractivity contribution >= 4 is 15.8 Å². The molecule has 0 spiro atoms. The average Bonchev–Trinajstić information content (AvgIpc) is 2.75. The first kappa shape index (κ1) is 16.5. The van der Waals surface area contributed by atoms with E-state index in [1.54, 1.807) is 11.7 Å². The fraction of sp³-hybridized carbons (Fsp3) is 0.438. The zero-order valence-corrected chi connectivity index (χ0v) is 14.8. The van der Waals surface area contributed by atoms with Crippen LogP contribution in [-0.4, -0.2) is 31.5 Å². The summed E-state index contributed by atoms with van der Waals surface area (Å²) in [6.07, 6.45) is 1.20. The summed E-state index contributed by atoms with van der Waals surface area (Å²) in [6.45, 7) is 8.13. The molecular formula is C16H23N3O2S. The molecule has 1 aromatic heterocycles. The molecule has 22 heavy (non-hydrogen) atoms. The second-order valence-corrected chi connectivity index (χ2v) is 8.54. The van der Waals surface area contributed by atoms with Crippen LogP contribution >= 0.6 is 0 Å². The largest absolute Gasteiger partial charge is 0.257 e. The van der Waals surface area contributed by atoms with Gasteiger partial charge in [-0.1, -0.05) is 39.0 Å². The summed E-state index contributed by atoms with van der Waals surface area (Å²) in [5.41, 5.74) is 2.44. The molecule has 120 valence electrons. The van der Waals surface area contributed by atoms with Crippen LogP contribution < -0.4 is 4.31 Å². The summed E-state index contributed by atoms with van der Waals surface area (Å²) in [4.78, 5) is 0. The smallest absolute Gasteiger partial charge is 0.233 e. The number of aromatic nitrogens is 2. The number of nitrogens with zero attached hydrogens (tertiary/aromatic N) is 3. The van der Waals surface area contributed by atoms with Crippen molar-refractivity contribution < 1.29 is 8.42 Å². The van der Waals surface area contributed by atoms with Gasteiger partial charge in [-0.15, -0.1) is 0 Å². The fourth-order valence-corrected chi connectivity index (χ4v) is 3.00. The lowest BCUT2D eigenvalue weighted by Crippen LogP contribution is -2.27. The Morgan fingerprint density at radius 3 is 2.14 bits per heavy atom. The van der Waals surface area contributed by atoms with Crippen molar-refractivity contribution in [2.75, 3.05) is 17.6 Å². The summed E-state index contributed by atoms with van der Waals surface area (Å²) < 4.78 is 27.0. The molecule has 0 fully saturated rings. The van der Waals surface area contributed by atoms with Gasteiger partial charge in [-0.3, -0.25) is 4.31 Å². The second-order valence-electron chi connectivity index (χ2n) is 6.53. The van der Waals surface area contributed by atoms with Gasteiger partial charge in [-0.25, -0.2) is 13.1 Å². The van der Waals surface area contributed by atoms with Crippen molar-refractivity contribution in [2.24, 2.45) is 0 Å². The van der Waals surface area contributed by atoms with E-state index in [1.165, 1.54) is 10.6 Å². The van der Waals surface area contributed by atoms with E-state index in [4.69, 9.17) is 5.10 Å². The van der Waals surface area contributed by atoms with Crippen molar-refractivity contribution in [2.45, 2.75) is 33.1 Å². The molecule has 0 bridgehead atoms. The van der Waals surface area contributed by atoms with Crippen LogP contribution in [0.4, 0.5) is 5.82 Å². The van der Waals surface area contributed by atoms with Crippen molar-refractivity contribution in [1.82, 2.24) is 9.78 Å². The lowest BCUT2D eigenvalue weighted by molar-refractivity contribution is 0.557. The predicted octanol–water partition coefficient (Wildman–Crippen LogP) is 2.87. The van der Waals surface area contributed by atoms with Gasteiger partial charge in [0, 0.05) is 18.0 Å². The molecule has 0 radical (unpaired) electrons. The van der Waals surface area contributed by atoms with Crippen molar-refractivity contribution in [3.8, 4) is 5.69 Å². The van der Waals surface area contributed by atoms with Gasteiger partial charge in [-0.2, -0.15) is 5.10 Å². The molecule has 1 heterocycles. The van der Waals surface area contributed by atoms with Crippen LogP contribution in [0.25, 0.3) is 5.69 Å². The monoisotopic (exact) mass is 321 g/mol. The summed E-state index contributed by atoms with van der Waals surface area (Å²) in [5, 5.41) is 4.70. The minimum Gasteiger partial charge on any atom is -0.257 e. The van der Waals surface area contributed by atoms with Gasteiger partial charge in [0.15, 0.2) is 0 Å². The predicted molar refractivity (Wildman–Crippen MR) is 90.2 cm³/mol. The molecule has 0 aliphatic carbocycles. The second kappa shape index (κ2) is 5.43. The number of sulfonamides is 1. The third kappa shape index (κ3) is 3.02. The quantitative estimate of drug-likeness (QED) is 0.873. The summed E-state index contributed by atoms with van der Waals surface area (Å²) in [6, 6.07) is 9.57. The van der Waals surface area contributed by atoms with Crippen LogP contribution in [0.2, 0.25) is 0 Å². The third-order valence-corrected chi connectivity index (χ3v) is 4.77. The molecule has 0 aliphatic heterocycles. The molecule has 5 nitrogen and oxygen atoms in total. The number of anilines is 1. The Labute approximate surface area is 132 Å². The fourth-order valence-electron chi connectivity index (χ4n) is 2.48. The molecule has 0 aliphatic rings. The summed E-state index contributed by atoms with van der Waals surface area (Å²) in [5.74, 6) is 0.582. The van der Waals surface area contributed by atoms with Gasteiger partial charge in [0.2, 0.25) is 10.0 Å². The maximum Gasteiger partial charge on any atom is 0.233 e. The number of hydrogen-bond acceptors (Lipinski definition) is 3. The first-order valence-electron chi connectivity index (χ1n) is 7.13. The molecule has 1 aromatic carbocycles. The minimum absolute atomic E-state index is 0.169. The molecule has 0 amide bonds. The highest BCUT2D eigenvalue weighted by atomic mass is 32.2. The van der Waals surface area contributed by atoms with E-state index in [1.807, 2.05) is 37.3 Å². The Bertz CT molecular complexity index is 772. The number of hydrogen-bond donors (Lipinski definition) is 0. The van der Waals surface area contributed by atoms with Crippen LogP contribution in [0.3, 0.4) is 0 Å². The van der Waals surface area contributed by atoms with Crippen LogP contribution in [0.15, 0.2) is 30.3 Å². The van der Waals surface area contributed by atoms with Crippen molar-refractivity contribution in [1.29, 1.82) is 0 Å². The standard InChI is InChI=1S/C16H23N3O2S/c1-12-14(16(2,3)4)17-19(13-10-8-7-9-11-13)15(12)18(5)22(6,20)21/h7-11H,1-6H3. The Balaban J connectivity index is 2.77. The number of para-hydroxylation sites is 1. The van der Waals surface area contributed by atoms with Crippen LogP contribution in [-0.2, 0) is 15.4 Å². The Kier molecular flexibility index (Phi) is 4.08. The first-order chi connectivity index (χ1) is 10.0. The van der Waals surface area contributed by atoms with E-state index in [9.17, 15) is 8.42 Å². The van der Waals surface area contributed by atoms with E-state index in [-0.39, 0.29) is 5.41 Å². The zero-order chi connectivity index (χ0) is 16.7. The van der Waals surface area contributed by atoms with Crippen molar-refractivity contribution in [3.05, 3.63) is 41.6 Å². The maximum atomic E-state index is 12.0. The van der Waals surface area contributed by atoms with Gasteiger partial charge in [-0.05, 0) is 19.1 Å². The molecule has 0 saturated carbocycles. The normalized spacial score (nSPS) is 12.5. The maximum absolute atomic E-state index is 12.0. The van der Waals surface area contributed by atoms with Gasteiger partial charge in [0.25, 0.3) is 0 Å². The minimum atomic E-state index is -3.37. The molecular weight excluding hydrogens is 298 g/mol. The average molecular weight is 321 g/mol.